The van der Waals surface area contributed by atoms with Crippen LogP contribution in [0.15, 0.2) is 48.5 Å². The van der Waals surface area contributed by atoms with Gasteiger partial charge >= 0.3 is 0 Å². The molecule has 3 N–H and O–H groups in total. The van der Waals surface area contributed by atoms with Gasteiger partial charge in [-0.1, -0.05) is 40.9 Å². The minimum Gasteiger partial charge on any atom is -0.339 e. The molecule has 0 aliphatic rings. The fourth-order valence-electron chi connectivity index (χ4n) is 2.01. The molecule has 1 amide bonds. The van der Waals surface area contributed by atoms with Crippen LogP contribution in [0.1, 0.15) is 10.4 Å². The van der Waals surface area contributed by atoms with Crippen molar-refractivity contribution in [3.63, 3.8) is 0 Å². The molecule has 148 valence electrons. The summed E-state index contributed by atoms with van der Waals surface area (Å²) in [7, 11) is 0. The number of non-ortho nitro benzene ring substituents is 1. The second-order valence-corrected chi connectivity index (χ2v) is 9.38. The van der Waals surface area contributed by atoms with Gasteiger partial charge in [0, 0.05) is 27.0 Å². The van der Waals surface area contributed by atoms with Gasteiger partial charge in [-0.3, -0.25) is 14.9 Å². The molecule has 2 rings (SSSR count). The van der Waals surface area contributed by atoms with Gasteiger partial charge in [-0.2, -0.15) is 0 Å². The van der Waals surface area contributed by atoms with Crippen LogP contribution in [-0.4, -0.2) is 25.9 Å². The molecule has 28 heavy (non-hydrogen) atoms. The summed E-state index contributed by atoms with van der Waals surface area (Å²) in [6.07, 6.45) is -1.16. The average molecular weight is 574 g/mol. The number of alkyl halides is 3. The zero-order valence-electron chi connectivity index (χ0n) is 13.8. The van der Waals surface area contributed by atoms with E-state index in [9.17, 15) is 14.9 Å². The smallest absolute Gasteiger partial charge is 0.271 e. The summed E-state index contributed by atoms with van der Waals surface area (Å²) in [6, 6.07) is 12.5. The Morgan fingerprint density at radius 3 is 2.36 bits per heavy atom. The van der Waals surface area contributed by atoms with Crippen molar-refractivity contribution in [1.29, 1.82) is 0 Å². The van der Waals surface area contributed by atoms with E-state index in [0.29, 0.717) is 11.3 Å². The third kappa shape index (κ3) is 6.89. The monoisotopic (exact) mass is 572 g/mol. The maximum atomic E-state index is 12.4. The molecule has 7 nitrogen and oxygen atoms in total. The van der Waals surface area contributed by atoms with Crippen molar-refractivity contribution in [2.24, 2.45) is 0 Å². The van der Waals surface area contributed by atoms with Gasteiger partial charge in [0.15, 0.2) is 5.11 Å². The topological polar surface area (TPSA) is 96.3 Å². The molecule has 0 saturated carbocycles. The SMILES string of the molecule is O=C(N[C@@H](NC(=S)Nc1cccc([N+](=O)[O-])c1)C(Cl)(Cl)Cl)c1ccc(I)cc1. The van der Waals surface area contributed by atoms with Crippen molar-refractivity contribution in [1.82, 2.24) is 10.6 Å². The Morgan fingerprint density at radius 2 is 1.79 bits per heavy atom. The number of benzene rings is 2. The largest absolute Gasteiger partial charge is 0.339 e. The number of nitrogens with one attached hydrogen (secondary N) is 3. The molecular weight excluding hydrogens is 562 g/mol. The highest BCUT2D eigenvalue weighted by molar-refractivity contribution is 14.1. The third-order valence-electron chi connectivity index (χ3n) is 3.30. The summed E-state index contributed by atoms with van der Waals surface area (Å²) in [6.45, 7) is 0. The molecule has 0 heterocycles. The summed E-state index contributed by atoms with van der Waals surface area (Å²) in [5, 5.41) is 18.8. The molecule has 0 unspecified atom stereocenters. The van der Waals surface area contributed by atoms with Crippen LogP contribution in [0.2, 0.25) is 0 Å². The molecule has 0 fully saturated rings. The Hall–Kier alpha value is -1.40. The molecule has 0 saturated heterocycles. The first-order valence-electron chi connectivity index (χ1n) is 7.51. The maximum absolute atomic E-state index is 12.4. The number of carbonyl (C=O) groups is 1. The average Bonchev–Trinajstić information content (AvgIpc) is 2.61. The lowest BCUT2D eigenvalue weighted by Crippen LogP contribution is -2.56. The second-order valence-electron chi connectivity index (χ2n) is 5.36. The Balaban J connectivity index is 2.08. The van der Waals surface area contributed by atoms with Crippen molar-refractivity contribution in [2.45, 2.75) is 9.96 Å². The molecule has 0 aromatic heterocycles. The summed E-state index contributed by atoms with van der Waals surface area (Å²) >= 11 is 25.1. The number of nitrogens with zero attached hydrogens (tertiary/aromatic N) is 1. The fourth-order valence-corrected chi connectivity index (χ4v) is 2.93. The van der Waals surface area contributed by atoms with Gasteiger partial charge in [0.05, 0.1) is 4.92 Å². The number of anilines is 1. The first-order valence-corrected chi connectivity index (χ1v) is 10.1. The Bertz CT molecular complexity index is 893. The van der Waals surface area contributed by atoms with E-state index in [0.717, 1.165) is 3.57 Å². The highest BCUT2D eigenvalue weighted by Gasteiger charge is 2.35. The molecule has 2 aromatic rings. The van der Waals surface area contributed by atoms with E-state index < -0.39 is 20.8 Å². The minimum absolute atomic E-state index is 0.000247. The lowest BCUT2D eigenvalue weighted by atomic mass is 10.2. The van der Waals surface area contributed by atoms with Crippen molar-refractivity contribution in [3.8, 4) is 0 Å². The molecule has 0 aliphatic carbocycles. The number of carbonyl (C=O) groups excluding carboxylic acids is 1. The summed E-state index contributed by atoms with van der Waals surface area (Å²) in [5.41, 5.74) is 0.621. The van der Waals surface area contributed by atoms with Crippen LogP contribution in [-0.2, 0) is 0 Å². The zero-order valence-corrected chi connectivity index (χ0v) is 19.0. The van der Waals surface area contributed by atoms with Gasteiger partial charge in [0.1, 0.15) is 6.17 Å². The van der Waals surface area contributed by atoms with E-state index in [1.807, 2.05) is 0 Å². The van der Waals surface area contributed by atoms with E-state index in [1.54, 1.807) is 30.3 Å². The van der Waals surface area contributed by atoms with Gasteiger partial charge in [-0.25, -0.2) is 0 Å². The lowest BCUT2D eigenvalue weighted by molar-refractivity contribution is -0.384. The van der Waals surface area contributed by atoms with Crippen molar-refractivity contribution < 1.29 is 9.72 Å². The normalized spacial score (nSPS) is 12.0. The number of rotatable bonds is 5. The van der Waals surface area contributed by atoms with Gasteiger partial charge in [0.2, 0.25) is 3.79 Å². The van der Waals surface area contributed by atoms with Crippen LogP contribution in [0.5, 0.6) is 0 Å². The van der Waals surface area contributed by atoms with E-state index in [-0.39, 0.29) is 10.8 Å². The van der Waals surface area contributed by atoms with Gasteiger partial charge in [0.25, 0.3) is 11.6 Å². The number of amides is 1. The Morgan fingerprint density at radius 1 is 1.14 bits per heavy atom. The van der Waals surface area contributed by atoms with Crippen LogP contribution in [0.25, 0.3) is 0 Å². The van der Waals surface area contributed by atoms with E-state index in [4.69, 9.17) is 47.0 Å². The molecule has 0 spiro atoms. The molecule has 0 radical (unpaired) electrons. The number of thiocarbonyl (C=S) groups is 1. The Kier molecular flexibility index (Phi) is 8.07. The van der Waals surface area contributed by atoms with Crippen molar-refractivity contribution >= 4 is 92.0 Å². The summed E-state index contributed by atoms with van der Waals surface area (Å²) < 4.78 is -0.958. The summed E-state index contributed by atoms with van der Waals surface area (Å²) in [4.78, 5) is 22.7. The molecule has 2 aromatic carbocycles. The van der Waals surface area contributed by atoms with E-state index >= 15 is 0 Å². The first kappa shape index (κ1) is 22.9. The fraction of sp³-hybridized carbons (Fsp3) is 0.125. The quantitative estimate of drug-likeness (QED) is 0.121. The van der Waals surface area contributed by atoms with Gasteiger partial charge in [-0.05, 0) is 65.1 Å². The van der Waals surface area contributed by atoms with E-state index in [1.165, 1.54) is 18.2 Å². The number of nitro groups is 1. The number of halogens is 4. The maximum Gasteiger partial charge on any atom is 0.271 e. The highest BCUT2D eigenvalue weighted by atomic mass is 127. The van der Waals surface area contributed by atoms with Gasteiger partial charge in [-0.15, -0.1) is 0 Å². The predicted octanol–water partition coefficient (Wildman–Crippen LogP) is 4.61. The lowest BCUT2D eigenvalue weighted by Gasteiger charge is -2.27. The molecular formula is C16H12Cl3IN4O3S. The zero-order chi connectivity index (χ0) is 20.9. The number of nitro benzene ring substituents is 1. The van der Waals surface area contributed by atoms with Crippen LogP contribution in [0, 0.1) is 13.7 Å². The second kappa shape index (κ2) is 9.88. The molecule has 0 aliphatic heterocycles. The highest BCUT2D eigenvalue weighted by Crippen LogP contribution is 2.29. The van der Waals surface area contributed by atoms with Crippen LogP contribution in [0.3, 0.4) is 0 Å². The first-order chi connectivity index (χ1) is 13.1. The third-order valence-corrected chi connectivity index (χ3v) is 4.89. The molecule has 1 atom stereocenters. The van der Waals surface area contributed by atoms with Crippen LogP contribution in [0.4, 0.5) is 11.4 Å². The number of hydrogen-bond acceptors (Lipinski definition) is 4. The standard InChI is InChI=1S/C16H12Cl3IN4O3S/c17-16(18,19)14(22-13(25)9-4-6-10(20)7-5-9)23-15(28)21-11-2-1-3-12(8-11)24(26)27/h1-8,14H,(H,22,25)(H2,21,23,28)/t14-/m0/s1. The van der Waals surface area contributed by atoms with Gasteiger partial charge < -0.3 is 16.0 Å². The summed E-state index contributed by atoms with van der Waals surface area (Å²) in [5.74, 6) is -0.474. The van der Waals surface area contributed by atoms with Crippen LogP contribution >= 0.6 is 69.6 Å². The minimum atomic E-state index is -1.92. The van der Waals surface area contributed by atoms with Crippen LogP contribution < -0.4 is 16.0 Å². The number of hydrogen-bond donors (Lipinski definition) is 3. The molecule has 12 heteroatoms. The molecule has 0 bridgehead atoms. The van der Waals surface area contributed by atoms with Crippen molar-refractivity contribution in [2.75, 3.05) is 5.32 Å². The Labute approximate surface area is 194 Å². The van der Waals surface area contributed by atoms with E-state index in [2.05, 4.69) is 38.5 Å². The predicted molar refractivity (Wildman–Crippen MR) is 123 cm³/mol. The van der Waals surface area contributed by atoms with Crippen molar-refractivity contribution in [3.05, 3.63) is 67.8 Å².